The van der Waals surface area contributed by atoms with Gasteiger partial charge in [0.2, 0.25) is 0 Å². The van der Waals surface area contributed by atoms with Crippen molar-refractivity contribution in [1.82, 2.24) is 25.4 Å². The molecule has 162 valence electrons. The molecular formula is C18H27F2IN6O2. The molecule has 1 aromatic carbocycles. The average molecular weight is 524 g/mol. The van der Waals surface area contributed by atoms with Crippen LogP contribution in [0.25, 0.3) is 0 Å². The highest BCUT2D eigenvalue weighted by molar-refractivity contribution is 14.0. The van der Waals surface area contributed by atoms with Crippen LogP contribution in [0.5, 0.6) is 11.5 Å². The third kappa shape index (κ3) is 8.38. The van der Waals surface area contributed by atoms with Crippen LogP contribution in [0.2, 0.25) is 0 Å². The fraction of sp³-hybridized carbons (Fsp3) is 0.500. The second-order valence-corrected chi connectivity index (χ2v) is 5.85. The highest BCUT2D eigenvalue weighted by Gasteiger charge is 2.12. The normalized spacial score (nSPS) is 11.2. The first-order valence-electron chi connectivity index (χ1n) is 9.09. The molecule has 1 aromatic heterocycles. The summed E-state index contributed by atoms with van der Waals surface area (Å²) < 4.78 is 37.3. The summed E-state index contributed by atoms with van der Waals surface area (Å²) in [5.41, 5.74) is 0.528. The number of nitrogens with one attached hydrogen (secondary N) is 2. The van der Waals surface area contributed by atoms with Crippen molar-refractivity contribution < 1.29 is 18.3 Å². The van der Waals surface area contributed by atoms with Crippen LogP contribution in [0.4, 0.5) is 8.78 Å². The predicted octanol–water partition coefficient (Wildman–Crippen LogP) is 3.08. The third-order valence-electron chi connectivity index (χ3n) is 3.70. The Hall–Kier alpha value is -2.18. The van der Waals surface area contributed by atoms with Gasteiger partial charge in [-0.25, -0.2) is 9.98 Å². The van der Waals surface area contributed by atoms with E-state index >= 15 is 0 Å². The molecule has 2 N–H and O–H groups in total. The molecule has 8 nitrogen and oxygen atoms in total. The highest BCUT2D eigenvalue weighted by Crippen LogP contribution is 2.27. The first-order valence-corrected chi connectivity index (χ1v) is 9.09. The van der Waals surface area contributed by atoms with Gasteiger partial charge in [0.05, 0.1) is 19.7 Å². The van der Waals surface area contributed by atoms with E-state index in [0.717, 1.165) is 12.2 Å². The molecule has 0 radical (unpaired) electrons. The molecule has 0 atom stereocenters. The maximum Gasteiger partial charge on any atom is 0.387 e. The molecule has 11 heteroatoms. The number of hydrogen-bond donors (Lipinski definition) is 2. The van der Waals surface area contributed by atoms with Gasteiger partial charge in [-0.1, -0.05) is 6.92 Å². The van der Waals surface area contributed by atoms with Crippen LogP contribution in [0, 0.1) is 0 Å². The Labute approximate surface area is 186 Å². The van der Waals surface area contributed by atoms with E-state index in [1.165, 1.54) is 12.4 Å². The van der Waals surface area contributed by atoms with Crippen molar-refractivity contribution in [2.45, 2.75) is 40.0 Å². The number of aromatic nitrogens is 3. The lowest BCUT2D eigenvalue weighted by Gasteiger charge is -2.14. The number of aryl methyl sites for hydroxylation is 1. The van der Waals surface area contributed by atoms with Crippen LogP contribution in [0.1, 0.15) is 31.7 Å². The Bertz CT molecular complexity index is 773. The summed E-state index contributed by atoms with van der Waals surface area (Å²) in [6.07, 6.45) is 2.29. The second kappa shape index (κ2) is 13.1. The van der Waals surface area contributed by atoms with E-state index in [-0.39, 0.29) is 36.3 Å². The van der Waals surface area contributed by atoms with E-state index in [1.807, 2.05) is 13.8 Å². The Morgan fingerprint density at radius 1 is 1.28 bits per heavy atom. The Morgan fingerprint density at radius 2 is 2.07 bits per heavy atom. The minimum absolute atomic E-state index is 0. The quantitative estimate of drug-likeness (QED) is 0.283. The minimum atomic E-state index is -2.92. The van der Waals surface area contributed by atoms with Crippen molar-refractivity contribution in [2.75, 3.05) is 13.2 Å². The molecule has 1 heterocycles. The van der Waals surface area contributed by atoms with Crippen molar-refractivity contribution in [3.05, 3.63) is 35.9 Å². The molecule has 0 bridgehead atoms. The van der Waals surface area contributed by atoms with E-state index in [2.05, 4.69) is 30.4 Å². The standard InChI is InChI=1S/C18H26F2N6O2.HI/c1-4-8-27-14-7-6-13(15(9-14)28-17(19)20)10-22-18(21-5-2)23-11-16-24-12-25-26(16)3;/h6-7,9,12,17H,4-5,8,10-11H2,1-3H3,(H2,21,22,23);1H. The largest absolute Gasteiger partial charge is 0.493 e. The molecule has 0 saturated carbocycles. The maximum atomic E-state index is 12.8. The summed E-state index contributed by atoms with van der Waals surface area (Å²) in [5, 5.41) is 10.2. The molecule has 0 unspecified atom stereocenters. The number of guanidine groups is 1. The summed E-state index contributed by atoms with van der Waals surface area (Å²) in [5.74, 6) is 1.80. The van der Waals surface area contributed by atoms with E-state index in [9.17, 15) is 8.78 Å². The number of ether oxygens (including phenoxy) is 2. The molecule has 2 rings (SSSR count). The molecule has 29 heavy (non-hydrogen) atoms. The molecule has 0 amide bonds. The fourth-order valence-corrected chi connectivity index (χ4v) is 2.33. The van der Waals surface area contributed by atoms with E-state index in [4.69, 9.17) is 4.74 Å². The number of rotatable bonds is 10. The Balaban J connectivity index is 0.00000420. The average Bonchev–Trinajstić information content (AvgIpc) is 3.07. The summed E-state index contributed by atoms with van der Waals surface area (Å²) in [4.78, 5) is 8.58. The lowest BCUT2D eigenvalue weighted by Crippen LogP contribution is -2.37. The topological polar surface area (TPSA) is 85.6 Å². The number of hydrogen-bond acceptors (Lipinski definition) is 5. The van der Waals surface area contributed by atoms with Crippen LogP contribution >= 0.6 is 24.0 Å². The van der Waals surface area contributed by atoms with Gasteiger partial charge in [0.15, 0.2) is 5.96 Å². The van der Waals surface area contributed by atoms with Gasteiger partial charge in [-0.3, -0.25) is 4.68 Å². The van der Waals surface area contributed by atoms with Gasteiger partial charge in [0, 0.05) is 25.2 Å². The number of halogens is 3. The first kappa shape index (κ1) is 24.9. The molecular weight excluding hydrogens is 497 g/mol. The zero-order valence-electron chi connectivity index (χ0n) is 16.7. The molecule has 0 spiro atoms. The van der Waals surface area contributed by atoms with Gasteiger partial charge in [0.1, 0.15) is 23.7 Å². The van der Waals surface area contributed by atoms with Gasteiger partial charge in [-0.15, -0.1) is 24.0 Å². The fourth-order valence-electron chi connectivity index (χ4n) is 2.33. The summed E-state index contributed by atoms with van der Waals surface area (Å²) in [7, 11) is 1.80. The van der Waals surface area contributed by atoms with E-state index in [1.54, 1.807) is 23.9 Å². The lowest BCUT2D eigenvalue weighted by atomic mass is 10.2. The van der Waals surface area contributed by atoms with Gasteiger partial charge < -0.3 is 20.1 Å². The van der Waals surface area contributed by atoms with E-state index < -0.39 is 6.61 Å². The molecule has 0 fully saturated rings. The second-order valence-electron chi connectivity index (χ2n) is 5.85. The first-order chi connectivity index (χ1) is 13.5. The van der Waals surface area contributed by atoms with Crippen molar-refractivity contribution >= 4 is 29.9 Å². The Kier molecular flexibility index (Phi) is 11.2. The van der Waals surface area contributed by atoms with Crippen molar-refractivity contribution in [3.8, 4) is 11.5 Å². The molecule has 0 aliphatic rings. The summed E-state index contributed by atoms with van der Waals surface area (Å²) in [6.45, 7) is 2.71. The number of nitrogens with zero attached hydrogens (tertiary/aromatic N) is 4. The predicted molar refractivity (Wildman–Crippen MR) is 117 cm³/mol. The molecule has 0 aliphatic heterocycles. The van der Waals surface area contributed by atoms with Gasteiger partial charge in [0.25, 0.3) is 0 Å². The van der Waals surface area contributed by atoms with Gasteiger partial charge >= 0.3 is 6.61 Å². The zero-order chi connectivity index (χ0) is 20.4. The summed E-state index contributed by atoms with van der Waals surface area (Å²) >= 11 is 0. The van der Waals surface area contributed by atoms with Gasteiger partial charge in [-0.05, 0) is 25.5 Å². The highest BCUT2D eigenvalue weighted by atomic mass is 127. The van der Waals surface area contributed by atoms with Crippen LogP contribution < -0.4 is 20.1 Å². The monoisotopic (exact) mass is 524 g/mol. The lowest BCUT2D eigenvalue weighted by molar-refractivity contribution is -0.0505. The number of benzene rings is 1. The number of aliphatic imine (C=N–C) groups is 1. The van der Waals surface area contributed by atoms with Crippen LogP contribution in [-0.2, 0) is 20.1 Å². The number of alkyl halides is 2. The Morgan fingerprint density at radius 3 is 2.69 bits per heavy atom. The van der Waals surface area contributed by atoms with E-state index in [0.29, 0.717) is 37.0 Å². The summed E-state index contributed by atoms with van der Waals surface area (Å²) in [6, 6.07) is 4.86. The maximum absolute atomic E-state index is 12.8. The SMILES string of the molecule is CCCOc1ccc(CN=C(NCC)NCc2ncnn2C)c(OC(F)F)c1.I. The van der Waals surface area contributed by atoms with Crippen molar-refractivity contribution in [2.24, 2.45) is 12.0 Å². The minimum Gasteiger partial charge on any atom is -0.493 e. The van der Waals surface area contributed by atoms with Crippen LogP contribution in [0.3, 0.4) is 0 Å². The van der Waals surface area contributed by atoms with Crippen molar-refractivity contribution in [3.63, 3.8) is 0 Å². The molecule has 0 aliphatic carbocycles. The van der Waals surface area contributed by atoms with Crippen LogP contribution in [0.15, 0.2) is 29.5 Å². The van der Waals surface area contributed by atoms with Gasteiger partial charge in [-0.2, -0.15) is 13.9 Å². The smallest absolute Gasteiger partial charge is 0.387 e. The molecule has 2 aromatic rings. The molecule has 0 saturated heterocycles. The third-order valence-corrected chi connectivity index (χ3v) is 3.70. The zero-order valence-corrected chi connectivity index (χ0v) is 19.0. The van der Waals surface area contributed by atoms with Crippen molar-refractivity contribution in [1.29, 1.82) is 0 Å². The van der Waals surface area contributed by atoms with Crippen LogP contribution in [-0.4, -0.2) is 40.5 Å².